The Labute approximate surface area is 117 Å². The van der Waals surface area contributed by atoms with E-state index in [4.69, 9.17) is 0 Å². The molecule has 3 N–H and O–H groups in total. The summed E-state index contributed by atoms with van der Waals surface area (Å²) in [5.74, 6) is -0.149. The van der Waals surface area contributed by atoms with E-state index in [0.717, 1.165) is 24.2 Å². The molecule has 0 radical (unpaired) electrons. The molecule has 1 fully saturated rings. The molecule has 1 saturated carbocycles. The van der Waals surface area contributed by atoms with Crippen molar-refractivity contribution < 1.29 is 9.59 Å². The summed E-state index contributed by atoms with van der Waals surface area (Å²) in [5.41, 5.74) is 1.96. The lowest BCUT2D eigenvalue weighted by Gasteiger charge is -2.26. The summed E-state index contributed by atoms with van der Waals surface area (Å²) in [6.45, 7) is 0.717. The van der Waals surface area contributed by atoms with Gasteiger partial charge in [0.1, 0.15) is 0 Å². The number of aromatic nitrogens is 2. The molecule has 2 amide bonds. The van der Waals surface area contributed by atoms with Crippen LogP contribution in [0, 0.1) is 0 Å². The molecule has 108 valence electrons. The van der Waals surface area contributed by atoms with Crippen molar-refractivity contribution in [3.8, 4) is 0 Å². The molecule has 1 aliphatic carbocycles. The predicted octanol–water partition coefficient (Wildman–Crippen LogP) is -0.839. The van der Waals surface area contributed by atoms with Crippen LogP contribution in [0.15, 0.2) is 6.33 Å². The number of carbonyl (C=O) groups is 2. The third-order valence-electron chi connectivity index (χ3n) is 3.73. The van der Waals surface area contributed by atoms with Crippen molar-refractivity contribution in [2.24, 2.45) is 0 Å². The van der Waals surface area contributed by atoms with Crippen LogP contribution in [0.2, 0.25) is 0 Å². The molecule has 1 unspecified atom stereocenters. The summed E-state index contributed by atoms with van der Waals surface area (Å²) in [4.78, 5) is 32.8. The number of likely N-dealkylation sites (N-methyl/N-ethyl adjacent to an activating group) is 1. The molecule has 2 heterocycles. The van der Waals surface area contributed by atoms with E-state index in [1.807, 2.05) is 0 Å². The molecule has 20 heavy (non-hydrogen) atoms. The van der Waals surface area contributed by atoms with Crippen LogP contribution in [0.25, 0.3) is 0 Å². The van der Waals surface area contributed by atoms with E-state index in [2.05, 4.69) is 20.6 Å². The van der Waals surface area contributed by atoms with Crippen LogP contribution in [0.1, 0.15) is 24.2 Å². The van der Waals surface area contributed by atoms with Crippen molar-refractivity contribution >= 4 is 11.8 Å². The van der Waals surface area contributed by atoms with Crippen LogP contribution in [0.5, 0.6) is 0 Å². The highest BCUT2D eigenvalue weighted by Crippen LogP contribution is 2.18. The monoisotopic (exact) mass is 277 g/mol. The first-order valence-corrected chi connectivity index (χ1v) is 6.92. The van der Waals surface area contributed by atoms with Gasteiger partial charge in [0, 0.05) is 26.1 Å². The highest BCUT2D eigenvalue weighted by Gasteiger charge is 2.29. The van der Waals surface area contributed by atoms with E-state index >= 15 is 0 Å². The minimum absolute atomic E-state index is 0.0652. The Morgan fingerprint density at radius 1 is 1.50 bits per heavy atom. The summed E-state index contributed by atoms with van der Waals surface area (Å²) in [6.07, 6.45) is 4.31. The van der Waals surface area contributed by atoms with Crippen LogP contribution in [-0.4, -0.2) is 52.4 Å². The number of H-pyrrole nitrogens is 1. The van der Waals surface area contributed by atoms with Gasteiger partial charge in [0.2, 0.25) is 11.8 Å². The fourth-order valence-corrected chi connectivity index (χ4v) is 2.40. The Morgan fingerprint density at radius 3 is 3.05 bits per heavy atom. The van der Waals surface area contributed by atoms with Gasteiger partial charge in [-0.3, -0.25) is 14.9 Å². The Bertz CT molecular complexity index is 523. The Balaban J connectivity index is 1.54. The zero-order chi connectivity index (χ0) is 14.1. The number of aromatic amines is 1. The Kier molecular flexibility index (Phi) is 3.43. The van der Waals surface area contributed by atoms with Crippen molar-refractivity contribution in [3.63, 3.8) is 0 Å². The first-order chi connectivity index (χ1) is 9.63. The van der Waals surface area contributed by atoms with Crippen molar-refractivity contribution in [2.45, 2.75) is 37.9 Å². The summed E-state index contributed by atoms with van der Waals surface area (Å²) >= 11 is 0. The molecule has 1 aromatic heterocycles. The van der Waals surface area contributed by atoms with Crippen LogP contribution in [-0.2, 0) is 22.6 Å². The SMILES string of the molecule is CN(CC(=O)NC1CC1)C(=O)C1Cc2nc[nH]c2CN1. The first kappa shape index (κ1) is 13.1. The molecule has 1 aromatic rings. The van der Waals surface area contributed by atoms with Crippen LogP contribution in [0.4, 0.5) is 0 Å². The smallest absolute Gasteiger partial charge is 0.240 e. The number of nitrogens with zero attached hydrogens (tertiary/aromatic N) is 2. The molecular weight excluding hydrogens is 258 g/mol. The normalized spacial score (nSPS) is 21.1. The third-order valence-corrected chi connectivity index (χ3v) is 3.73. The van der Waals surface area contributed by atoms with Crippen molar-refractivity contribution in [2.75, 3.05) is 13.6 Å². The molecule has 3 rings (SSSR count). The van der Waals surface area contributed by atoms with E-state index in [9.17, 15) is 9.59 Å². The maximum atomic E-state index is 12.3. The first-order valence-electron chi connectivity index (χ1n) is 6.92. The van der Waals surface area contributed by atoms with Gasteiger partial charge < -0.3 is 15.2 Å². The average Bonchev–Trinajstić information content (AvgIpc) is 3.11. The van der Waals surface area contributed by atoms with Gasteiger partial charge in [-0.2, -0.15) is 0 Å². The Morgan fingerprint density at radius 2 is 2.30 bits per heavy atom. The van der Waals surface area contributed by atoms with Gasteiger partial charge in [-0.05, 0) is 12.8 Å². The van der Waals surface area contributed by atoms with E-state index in [-0.39, 0.29) is 24.4 Å². The van der Waals surface area contributed by atoms with Gasteiger partial charge in [0.25, 0.3) is 0 Å². The standard InChI is InChI=1S/C13H19N5O2/c1-18(6-12(19)17-8-2-3-8)13(20)10-4-9-11(5-14-10)16-7-15-9/h7-8,10,14H,2-6H2,1H3,(H,15,16)(H,17,19). The highest BCUT2D eigenvalue weighted by atomic mass is 16.2. The predicted molar refractivity (Wildman–Crippen MR) is 71.7 cm³/mol. The number of nitrogens with one attached hydrogen (secondary N) is 3. The zero-order valence-corrected chi connectivity index (χ0v) is 11.5. The number of amides is 2. The number of rotatable bonds is 4. The maximum Gasteiger partial charge on any atom is 0.240 e. The second-order valence-corrected chi connectivity index (χ2v) is 5.50. The van der Waals surface area contributed by atoms with Gasteiger partial charge in [-0.15, -0.1) is 0 Å². The molecular formula is C13H19N5O2. The van der Waals surface area contributed by atoms with Gasteiger partial charge in [0.05, 0.1) is 30.3 Å². The largest absolute Gasteiger partial charge is 0.352 e. The molecule has 2 aliphatic rings. The second-order valence-electron chi connectivity index (χ2n) is 5.50. The lowest BCUT2D eigenvalue weighted by molar-refractivity contribution is -0.136. The zero-order valence-electron chi connectivity index (χ0n) is 11.5. The summed E-state index contributed by atoms with van der Waals surface area (Å²) in [7, 11) is 1.66. The molecule has 0 bridgehead atoms. The maximum absolute atomic E-state index is 12.3. The summed E-state index contributed by atoms with van der Waals surface area (Å²) in [5, 5.41) is 6.06. The summed E-state index contributed by atoms with van der Waals surface area (Å²) in [6, 6.07) is 0.0231. The number of fused-ring (bicyclic) bond motifs is 1. The van der Waals surface area contributed by atoms with Crippen molar-refractivity contribution in [1.82, 2.24) is 25.5 Å². The van der Waals surface area contributed by atoms with E-state index in [1.165, 1.54) is 4.90 Å². The minimum Gasteiger partial charge on any atom is -0.352 e. The van der Waals surface area contributed by atoms with Crippen LogP contribution in [0.3, 0.4) is 0 Å². The van der Waals surface area contributed by atoms with Crippen LogP contribution < -0.4 is 10.6 Å². The Hall–Kier alpha value is -1.89. The van der Waals surface area contributed by atoms with Gasteiger partial charge in [-0.25, -0.2) is 4.98 Å². The van der Waals surface area contributed by atoms with Crippen molar-refractivity contribution in [1.29, 1.82) is 0 Å². The number of carbonyl (C=O) groups excluding carboxylic acids is 2. The van der Waals surface area contributed by atoms with E-state index < -0.39 is 0 Å². The van der Waals surface area contributed by atoms with Crippen LogP contribution >= 0.6 is 0 Å². The van der Waals surface area contributed by atoms with Crippen molar-refractivity contribution in [3.05, 3.63) is 17.7 Å². The number of hydrogen-bond acceptors (Lipinski definition) is 4. The van der Waals surface area contributed by atoms with E-state index in [1.54, 1.807) is 13.4 Å². The minimum atomic E-state index is -0.301. The van der Waals surface area contributed by atoms with Gasteiger partial charge in [0.15, 0.2) is 0 Å². The quantitative estimate of drug-likeness (QED) is 0.669. The molecule has 0 spiro atoms. The number of imidazole rings is 1. The fraction of sp³-hybridized carbons (Fsp3) is 0.615. The lowest BCUT2D eigenvalue weighted by Crippen LogP contribution is -2.50. The highest BCUT2D eigenvalue weighted by molar-refractivity contribution is 5.87. The van der Waals surface area contributed by atoms with E-state index in [0.29, 0.717) is 19.0 Å². The lowest BCUT2D eigenvalue weighted by atomic mass is 10.0. The van der Waals surface area contributed by atoms with Gasteiger partial charge in [-0.1, -0.05) is 0 Å². The average molecular weight is 277 g/mol. The molecule has 0 saturated heterocycles. The number of hydrogen-bond donors (Lipinski definition) is 3. The molecule has 7 heteroatoms. The third kappa shape index (κ3) is 2.82. The molecule has 7 nitrogen and oxygen atoms in total. The van der Waals surface area contributed by atoms with Gasteiger partial charge >= 0.3 is 0 Å². The molecule has 0 aromatic carbocycles. The second kappa shape index (κ2) is 5.24. The fourth-order valence-electron chi connectivity index (χ4n) is 2.40. The summed E-state index contributed by atoms with van der Waals surface area (Å²) < 4.78 is 0. The molecule has 1 atom stereocenters. The topological polar surface area (TPSA) is 90.1 Å². The molecule has 1 aliphatic heterocycles.